The maximum absolute atomic E-state index is 12.1. The van der Waals surface area contributed by atoms with Gasteiger partial charge >= 0.3 is 11.9 Å². The lowest BCUT2D eigenvalue weighted by Gasteiger charge is -2.22. The molecular weight excluding hydrogens is 300 g/mol. The summed E-state index contributed by atoms with van der Waals surface area (Å²) in [7, 11) is 0. The zero-order chi connectivity index (χ0) is 13.6. The number of hydrogen-bond donors (Lipinski definition) is 0. The minimum absolute atomic E-state index is 0.219. The quantitative estimate of drug-likeness (QED) is 0.313. The van der Waals surface area contributed by atoms with Crippen molar-refractivity contribution < 1.29 is 19.1 Å². The fraction of sp³-hybridized carbons (Fsp3) is 0.846. The average Bonchev–Trinajstić information content (AvgIpc) is 2.68. The summed E-state index contributed by atoms with van der Waals surface area (Å²) in [5.41, 5.74) is -1.07. The summed E-state index contributed by atoms with van der Waals surface area (Å²) in [4.78, 5) is 24.1. The van der Waals surface area contributed by atoms with Crippen molar-refractivity contribution in [2.45, 2.75) is 52.1 Å². The maximum Gasteiger partial charge on any atom is 0.323 e. The minimum Gasteiger partial charge on any atom is -0.465 e. The summed E-state index contributed by atoms with van der Waals surface area (Å²) in [5, 5.41) is 0.563. The van der Waals surface area contributed by atoms with E-state index in [2.05, 4.69) is 22.9 Å². The van der Waals surface area contributed by atoms with Crippen LogP contribution in [0.5, 0.6) is 0 Å². The standard InChI is InChI=1S/C13H21BrO4/c1-3-5-6-7-13(11(15)17-4-2)8-10(9-14)18-12(13)16/h10H,3-9H2,1-2H3/t10-,13+/m0/s1. The van der Waals surface area contributed by atoms with Crippen LogP contribution in [0.2, 0.25) is 0 Å². The van der Waals surface area contributed by atoms with Crippen molar-refractivity contribution in [2.75, 3.05) is 11.9 Å². The van der Waals surface area contributed by atoms with E-state index in [9.17, 15) is 9.59 Å². The van der Waals surface area contributed by atoms with Gasteiger partial charge in [-0.1, -0.05) is 42.1 Å². The molecule has 5 heteroatoms. The molecule has 1 saturated heterocycles. The van der Waals surface area contributed by atoms with Gasteiger partial charge in [0.1, 0.15) is 6.10 Å². The first kappa shape index (κ1) is 15.5. The molecule has 1 aliphatic heterocycles. The van der Waals surface area contributed by atoms with Crippen molar-refractivity contribution in [3.8, 4) is 0 Å². The lowest BCUT2D eigenvalue weighted by Crippen LogP contribution is -2.37. The SMILES string of the molecule is CCCCC[C@]1(C(=O)OCC)C[C@@H](CBr)OC1=O. The third-order valence-electron chi connectivity index (χ3n) is 3.29. The van der Waals surface area contributed by atoms with E-state index < -0.39 is 17.4 Å². The second kappa shape index (κ2) is 7.12. The van der Waals surface area contributed by atoms with Gasteiger partial charge in [0, 0.05) is 11.8 Å². The van der Waals surface area contributed by atoms with Gasteiger partial charge in [0.05, 0.1) is 6.61 Å². The molecule has 4 nitrogen and oxygen atoms in total. The van der Waals surface area contributed by atoms with Crippen LogP contribution in [-0.4, -0.2) is 30.0 Å². The molecule has 0 bridgehead atoms. The van der Waals surface area contributed by atoms with Crippen LogP contribution in [-0.2, 0) is 19.1 Å². The highest BCUT2D eigenvalue weighted by molar-refractivity contribution is 9.09. The Morgan fingerprint density at radius 1 is 1.50 bits per heavy atom. The predicted molar refractivity (Wildman–Crippen MR) is 71.5 cm³/mol. The number of esters is 2. The molecule has 0 aliphatic carbocycles. The van der Waals surface area contributed by atoms with Crippen LogP contribution in [0, 0.1) is 5.41 Å². The summed E-state index contributed by atoms with van der Waals surface area (Å²) < 4.78 is 10.3. The normalized spacial score (nSPS) is 27.1. The Kier molecular flexibility index (Phi) is 6.12. The second-order valence-corrected chi connectivity index (χ2v) is 5.29. The Morgan fingerprint density at radius 3 is 2.72 bits per heavy atom. The van der Waals surface area contributed by atoms with E-state index in [1.54, 1.807) is 6.92 Å². The molecule has 2 atom stereocenters. The number of hydrogen-bond acceptors (Lipinski definition) is 4. The lowest BCUT2D eigenvalue weighted by atomic mass is 9.80. The van der Waals surface area contributed by atoms with Crippen molar-refractivity contribution in [1.29, 1.82) is 0 Å². The molecule has 1 heterocycles. The summed E-state index contributed by atoms with van der Waals surface area (Å²) in [6, 6.07) is 0. The van der Waals surface area contributed by atoms with Crippen LogP contribution in [0.25, 0.3) is 0 Å². The molecule has 1 aliphatic rings. The first-order chi connectivity index (χ1) is 8.60. The molecule has 1 rings (SSSR count). The second-order valence-electron chi connectivity index (χ2n) is 4.65. The van der Waals surface area contributed by atoms with E-state index in [1.165, 1.54) is 0 Å². The molecule has 18 heavy (non-hydrogen) atoms. The van der Waals surface area contributed by atoms with Crippen LogP contribution in [0.4, 0.5) is 0 Å². The van der Waals surface area contributed by atoms with Gasteiger partial charge in [0.2, 0.25) is 0 Å². The van der Waals surface area contributed by atoms with Crippen molar-refractivity contribution in [3.63, 3.8) is 0 Å². The zero-order valence-electron chi connectivity index (χ0n) is 11.0. The van der Waals surface area contributed by atoms with Gasteiger partial charge < -0.3 is 9.47 Å². The van der Waals surface area contributed by atoms with E-state index >= 15 is 0 Å². The fourth-order valence-electron chi connectivity index (χ4n) is 2.28. The van der Waals surface area contributed by atoms with Gasteiger partial charge in [0.25, 0.3) is 0 Å². The first-order valence-corrected chi connectivity index (χ1v) is 7.67. The summed E-state index contributed by atoms with van der Waals surface area (Å²) in [6.45, 7) is 4.13. The van der Waals surface area contributed by atoms with E-state index in [-0.39, 0.29) is 6.10 Å². The molecule has 0 spiro atoms. The average molecular weight is 321 g/mol. The number of carbonyl (C=O) groups is 2. The number of halogens is 1. The van der Waals surface area contributed by atoms with Crippen molar-refractivity contribution in [1.82, 2.24) is 0 Å². The van der Waals surface area contributed by atoms with Crippen LogP contribution in [0.15, 0.2) is 0 Å². The topological polar surface area (TPSA) is 52.6 Å². The summed E-state index contributed by atoms with van der Waals surface area (Å²) >= 11 is 3.30. The van der Waals surface area contributed by atoms with Gasteiger partial charge in [0.15, 0.2) is 5.41 Å². The smallest absolute Gasteiger partial charge is 0.323 e. The van der Waals surface area contributed by atoms with Crippen LogP contribution in [0.1, 0.15) is 46.0 Å². The number of unbranched alkanes of at least 4 members (excludes halogenated alkanes) is 2. The van der Waals surface area contributed by atoms with Crippen molar-refractivity contribution in [2.24, 2.45) is 5.41 Å². The van der Waals surface area contributed by atoms with E-state index in [0.717, 1.165) is 19.3 Å². The third kappa shape index (κ3) is 3.25. The lowest BCUT2D eigenvalue weighted by molar-refractivity contribution is -0.165. The van der Waals surface area contributed by atoms with E-state index in [1.807, 2.05) is 0 Å². The Balaban J connectivity index is 2.80. The summed E-state index contributed by atoms with van der Waals surface area (Å²) in [5.74, 6) is -0.837. The zero-order valence-corrected chi connectivity index (χ0v) is 12.6. The highest BCUT2D eigenvalue weighted by atomic mass is 79.9. The maximum atomic E-state index is 12.1. The van der Waals surface area contributed by atoms with Crippen LogP contribution in [0.3, 0.4) is 0 Å². The highest BCUT2D eigenvalue weighted by Crippen LogP contribution is 2.40. The van der Waals surface area contributed by atoms with Gasteiger partial charge in [-0.2, -0.15) is 0 Å². The van der Waals surface area contributed by atoms with Gasteiger partial charge in [-0.15, -0.1) is 0 Å². The molecule has 0 radical (unpaired) electrons. The number of alkyl halides is 1. The first-order valence-electron chi connectivity index (χ1n) is 6.55. The monoisotopic (exact) mass is 320 g/mol. The van der Waals surface area contributed by atoms with Crippen LogP contribution < -0.4 is 0 Å². The van der Waals surface area contributed by atoms with Crippen molar-refractivity contribution in [3.05, 3.63) is 0 Å². The number of rotatable bonds is 7. The molecule has 0 amide bonds. The van der Waals surface area contributed by atoms with Crippen molar-refractivity contribution >= 4 is 27.9 Å². The van der Waals surface area contributed by atoms with Crippen LogP contribution >= 0.6 is 15.9 Å². The number of cyclic esters (lactones) is 1. The highest BCUT2D eigenvalue weighted by Gasteiger charge is 2.55. The molecule has 0 saturated carbocycles. The molecule has 104 valence electrons. The predicted octanol–water partition coefficient (Wildman–Crippen LogP) is 2.83. The largest absolute Gasteiger partial charge is 0.465 e. The molecule has 0 aromatic carbocycles. The Bertz CT molecular complexity index is 305. The summed E-state index contributed by atoms with van der Waals surface area (Å²) in [6.07, 6.45) is 3.65. The van der Waals surface area contributed by atoms with Gasteiger partial charge in [-0.05, 0) is 13.3 Å². The molecule has 0 unspecified atom stereocenters. The number of ether oxygens (including phenoxy) is 2. The molecule has 0 N–H and O–H groups in total. The minimum atomic E-state index is -1.07. The fourth-order valence-corrected chi connectivity index (χ4v) is 2.64. The molecule has 0 aromatic rings. The molecular formula is C13H21BrO4. The Labute approximate surface area is 117 Å². The Morgan fingerprint density at radius 2 is 2.22 bits per heavy atom. The third-order valence-corrected chi connectivity index (χ3v) is 4.01. The van der Waals surface area contributed by atoms with E-state index in [4.69, 9.17) is 9.47 Å². The number of carbonyl (C=O) groups excluding carboxylic acids is 2. The molecule has 1 fully saturated rings. The molecule has 0 aromatic heterocycles. The van der Waals surface area contributed by atoms with Gasteiger partial charge in [-0.25, -0.2) is 0 Å². The van der Waals surface area contributed by atoms with Gasteiger partial charge in [-0.3, -0.25) is 9.59 Å². The Hall–Kier alpha value is -0.580. The van der Waals surface area contributed by atoms with E-state index in [0.29, 0.717) is 24.8 Å².